The second-order valence-electron chi connectivity index (χ2n) is 3.86. The van der Waals surface area contributed by atoms with Gasteiger partial charge < -0.3 is 5.32 Å². The lowest BCUT2D eigenvalue weighted by Gasteiger charge is -2.24. The van der Waals surface area contributed by atoms with Crippen LogP contribution in [0.1, 0.15) is 34.6 Å². The zero-order valence-electron chi connectivity index (χ0n) is 8.28. The number of hydrogen-bond donors (Lipinski definition) is 1. The Labute approximate surface area is 70.2 Å². The highest BCUT2D eigenvalue weighted by Gasteiger charge is 2.15. The van der Waals surface area contributed by atoms with Crippen molar-refractivity contribution in [1.82, 2.24) is 5.32 Å². The van der Waals surface area contributed by atoms with Crippen LogP contribution in [0.4, 0.5) is 0 Å². The highest BCUT2D eigenvalue weighted by Crippen LogP contribution is 2.22. The summed E-state index contributed by atoms with van der Waals surface area (Å²) >= 11 is 0. The monoisotopic (exact) mass is 153 g/mol. The summed E-state index contributed by atoms with van der Waals surface area (Å²) in [5, 5.41) is 3.24. The average Bonchev–Trinajstić information content (AvgIpc) is 1.79. The average molecular weight is 153 g/mol. The predicted octanol–water partition coefficient (Wildman–Crippen LogP) is 3.06. The van der Waals surface area contributed by atoms with Gasteiger partial charge in [0.15, 0.2) is 0 Å². The largest absolute Gasteiger partial charge is 0.363 e. The molecule has 0 aromatic carbocycles. The minimum Gasteiger partial charge on any atom is -0.363 e. The van der Waals surface area contributed by atoms with E-state index in [0.29, 0.717) is 0 Å². The molecule has 1 N–H and O–H groups in total. The molecule has 0 rings (SSSR count). The third-order valence-electron chi connectivity index (χ3n) is 1.44. The zero-order chi connectivity index (χ0) is 9.07. The molecular formula is C10H19N. The van der Waals surface area contributed by atoms with Crippen LogP contribution in [-0.4, -0.2) is 0 Å². The van der Waals surface area contributed by atoms with Crippen molar-refractivity contribution in [3.63, 3.8) is 0 Å². The van der Waals surface area contributed by atoms with Gasteiger partial charge in [-0.25, -0.2) is 0 Å². The van der Waals surface area contributed by atoms with E-state index >= 15 is 0 Å². The molecule has 0 aliphatic carbocycles. The van der Waals surface area contributed by atoms with E-state index in [1.54, 1.807) is 0 Å². The Kier molecular flexibility index (Phi) is 3.37. The number of rotatable bonds is 2. The molecule has 0 fully saturated rings. The first-order valence-electron chi connectivity index (χ1n) is 3.97. The molecule has 0 saturated carbocycles. The van der Waals surface area contributed by atoms with Gasteiger partial charge >= 0.3 is 0 Å². The summed E-state index contributed by atoms with van der Waals surface area (Å²) in [6.45, 7) is 14.3. The molecule has 0 atom stereocenters. The summed E-state index contributed by atoms with van der Waals surface area (Å²) in [4.78, 5) is 0. The van der Waals surface area contributed by atoms with Crippen molar-refractivity contribution >= 4 is 0 Å². The van der Waals surface area contributed by atoms with Crippen molar-refractivity contribution in [1.29, 1.82) is 0 Å². The summed E-state index contributed by atoms with van der Waals surface area (Å²) in [5.74, 6) is 0. The van der Waals surface area contributed by atoms with Gasteiger partial charge in [0.1, 0.15) is 0 Å². The summed E-state index contributed by atoms with van der Waals surface area (Å²) in [6, 6.07) is 0. The van der Waals surface area contributed by atoms with E-state index in [0.717, 1.165) is 5.70 Å². The molecule has 0 unspecified atom stereocenters. The van der Waals surface area contributed by atoms with Crippen molar-refractivity contribution in [2.45, 2.75) is 34.6 Å². The number of nitrogens with one attached hydrogen (secondary N) is 1. The lowest BCUT2D eigenvalue weighted by Crippen LogP contribution is -2.22. The lowest BCUT2D eigenvalue weighted by molar-refractivity contribution is 0.473. The van der Waals surface area contributed by atoms with Crippen molar-refractivity contribution in [2.24, 2.45) is 5.41 Å². The highest BCUT2D eigenvalue weighted by atomic mass is 14.9. The van der Waals surface area contributed by atoms with E-state index in [-0.39, 0.29) is 5.41 Å². The number of allylic oxidation sites excluding steroid dienone is 3. The van der Waals surface area contributed by atoms with Crippen LogP contribution in [0.5, 0.6) is 0 Å². The Bertz CT molecular complexity index is 170. The normalized spacial score (nSPS) is 13.0. The first kappa shape index (κ1) is 10.3. The minimum atomic E-state index is 0.188. The van der Waals surface area contributed by atoms with Gasteiger partial charge in [-0.15, -0.1) is 0 Å². The molecule has 0 bridgehead atoms. The van der Waals surface area contributed by atoms with Gasteiger partial charge in [0.2, 0.25) is 0 Å². The van der Waals surface area contributed by atoms with Gasteiger partial charge in [-0.1, -0.05) is 33.4 Å². The lowest BCUT2D eigenvalue weighted by atomic mass is 9.91. The van der Waals surface area contributed by atoms with Crippen LogP contribution in [0.2, 0.25) is 0 Å². The maximum Gasteiger partial charge on any atom is 0.0159 e. The molecule has 11 heavy (non-hydrogen) atoms. The van der Waals surface area contributed by atoms with Crippen LogP contribution in [0.15, 0.2) is 24.0 Å². The first-order chi connectivity index (χ1) is 4.88. The maximum atomic E-state index is 3.80. The molecule has 1 nitrogen and oxygen atoms in total. The molecule has 0 heterocycles. The van der Waals surface area contributed by atoms with Crippen molar-refractivity contribution in [2.75, 3.05) is 0 Å². The standard InChI is InChI=1S/C10H19N/c1-7-9(10(4,5)6)11-8(2)3/h7,11H,2H2,1,3-6H3/b9-7-. The molecule has 0 aliphatic heterocycles. The van der Waals surface area contributed by atoms with Crippen LogP contribution in [0, 0.1) is 5.41 Å². The molecular weight excluding hydrogens is 134 g/mol. The Morgan fingerprint density at radius 1 is 1.36 bits per heavy atom. The molecule has 1 heteroatoms. The Morgan fingerprint density at radius 3 is 1.91 bits per heavy atom. The molecule has 0 amide bonds. The topological polar surface area (TPSA) is 12.0 Å². The molecule has 64 valence electrons. The first-order valence-corrected chi connectivity index (χ1v) is 3.97. The fourth-order valence-electron chi connectivity index (χ4n) is 0.923. The van der Waals surface area contributed by atoms with E-state index in [4.69, 9.17) is 0 Å². The Balaban J connectivity index is 4.33. The quantitative estimate of drug-likeness (QED) is 0.643. The van der Waals surface area contributed by atoms with Crippen molar-refractivity contribution < 1.29 is 0 Å². The molecule has 0 saturated heterocycles. The number of hydrogen-bond acceptors (Lipinski definition) is 1. The second kappa shape index (κ2) is 3.61. The van der Waals surface area contributed by atoms with Crippen LogP contribution in [0.3, 0.4) is 0 Å². The van der Waals surface area contributed by atoms with Crippen LogP contribution >= 0.6 is 0 Å². The van der Waals surface area contributed by atoms with Crippen LogP contribution in [-0.2, 0) is 0 Å². The summed E-state index contributed by atoms with van der Waals surface area (Å²) in [5.41, 5.74) is 2.41. The summed E-state index contributed by atoms with van der Waals surface area (Å²) in [6.07, 6.45) is 2.09. The smallest absolute Gasteiger partial charge is 0.0159 e. The minimum absolute atomic E-state index is 0.188. The maximum absolute atomic E-state index is 3.80. The zero-order valence-corrected chi connectivity index (χ0v) is 8.28. The molecule has 0 spiro atoms. The van der Waals surface area contributed by atoms with Crippen molar-refractivity contribution in [3.05, 3.63) is 24.0 Å². The SMILES string of the molecule is C=C(C)N/C(=C\C)C(C)(C)C. The van der Waals surface area contributed by atoms with Crippen LogP contribution in [0.25, 0.3) is 0 Å². The van der Waals surface area contributed by atoms with E-state index in [2.05, 4.69) is 38.7 Å². The van der Waals surface area contributed by atoms with Gasteiger partial charge in [-0.05, 0) is 13.8 Å². The third kappa shape index (κ3) is 3.87. The fraction of sp³-hybridized carbons (Fsp3) is 0.600. The van der Waals surface area contributed by atoms with Gasteiger partial charge in [0, 0.05) is 16.8 Å². The molecule has 0 aliphatic rings. The van der Waals surface area contributed by atoms with E-state index in [9.17, 15) is 0 Å². The summed E-state index contributed by atoms with van der Waals surface area (Å²) < 4.78 is 0. The third-order valence-corrected chi connectivity index (χ3v) is 1.44. The van der Waals surface area contributed by atoms with Gasteiger partial charge in [0.05, 0.1) is 0 Å². The second-order valence-corrected chi connectivity index (χ2v) is 3.86. The fourth-order valence-corrected chi connectivity index (χ4v) is 0.923. The van der Waals surface area contributed by atoms with Crippen molar-refractivity contribution in [3.8, 4) is 0 Å². The van der Waals surface area contributed by atoms with Gasteiger partial charge in [-0.2, -0.15) is 0 Å². The molecule has 0 radical (unpaired) electrons. The van der Waals surface area contributed by atoms with E-state index in [1.807, 2.05) is 13.8 Å². The Hall–Kier alpha value is -0.720. The van der Waals surface area contributed by atoms with Crippen LogP contribution < -0.4 is 5.32 Å². The van der Waals surface area contributed by atoms with Gasteiger partial charge in [-0.3, -0.25) is 0 Å². The Morgan fingerprint density at radius 2 is 1.82 bits per heavy atom. The predicted molar refractivity (Wildman–Crippen MR) is 51.2 cm³/mol. The van der Waals surface area contributed by atoms with Gasteiger partial charge in [0.25, 0.3) is 0 Å². The molecule has 0 aromatic rings. The van der Waals surface area contributed by atoms with E-state index < -0.39 is 0 Å². The molecule has 0 aromatic heterocycles. The van der Waals surface area contributed by atoms with E-state index in [1.165, 1.54) is 5.70 Å². The summed E-state index contributed by atoms with van der Waals surface area (Å²) in [7, 11) is 0. The highest BCUT2D eigenvalue weighted by molar-refractivity contribution is 5.12.